The molecule has 0 unspecified atom stereocenters. The fourth-order valence-corrected chi connectivity index (χ4v) is 3.21. The summed E-state index contributed by atoms with van der Waals surface area (Å²) < 4.78 is 3.76. The smallest absolute Gasteiger partial charge is 0.264 e. The van der Waals surface area contributed by atoms with Crippen LogP contribution < -0.4 is 5.32 Å². The maximum absolute atomic E-state index is 11.9. The van der Waals surface area contributed by atoms with Crippen molar-refractivity contribution < 1.29 is 4.79 Å². The van der Waals surface area contributed by atoms with E-state index in [1.807, 2.05) is 0 Å². The minimum Gasteiger partial charge on any atom is -0.351 e. The van der Waals surface area contributed by atoms with E-state index in [-0.39, 0.29) is 11.3 Å². The van der Waals surface area contributed by atoms with Crippen molar-refractivity contribution in [3.8, 4) is 0 Å². The molecule has 0 atom stereocenters. The lowest BCUT2D eigenvalue weighted by Crippen LogP contribution is -2.37. The van der Waals surface area contributed by atoms with Gasteiger partial charge in [0.25, 0.3) is 5.91 Å². The molecule has 1 aromatic heterocycles. The van der Waals surface area contributed by atoms with Gasteiger partial charge in [0.05, 0.1) is 5.69 Å². The Morgan fingerprint density at radius 2 is 2.24 bits per heavy atom. The normalized spacial score (nSPS) is 18.2. The van der Waals surface area contributed by atoms with Gasteiger partial charge in [0.1, 0.15) is 4.88 Å². The highest BCUT2D eigenvalue weighted by Gasteiger charge is 2.33. The van der Waals surface area contributed by atoms with E-state index >= 15 is 0 Å². The fraction of sp³-hybridized carbons (Fsp3) is 0.727. The number of aryl methyl sites for hydroxylation is 1. The lowest BCUT2D eigenvalue weighted by molar-refractivity contribution is 0.0938. The molecule has 2 rings (SSSR count). The average Bonchev–Trinajstić information content (AvgIpc) is 2.95. The van der Waals surface area contributed by atoms with Gasteiger partial charge in [-0.15, -0.1) is 16.7 Å². The van der Waals surface area contributed by atoms with Gasteiger partial charge in [-0.25, -0.2) is 0 Å². The van der Waals surface area contributed by atoms with Gasteiger partial charge >= 0.3 is 0 Å². The molecule has 1 fully saturated rings. The Hall–Kier alpha value is -0.680. The number of amides is 1. The van der Waals surface area contributed by atoms with Gasteiger partial charge in [-0.3, -0.25) is 4.79 Å². The predicted octanol–water partition coefficient (Wildman–Crippen LogP) is 2.38. The van der Waals surface area contributed by atoms with E-state index < -0.39 is 0 Å². The van der Waals surface area contributed by atoms with Gasteiger partial charge in [-0.1, -0.05) is 17.3 Å². The highest BCUT2D eigenvalue weighted by atomic mass is 35.5. The third-order valence-corrected chi connectivity index (χ3v) is 4.82. The molecule has 17 heavy (non-hydrogen) atoms. The summed E-state index contributed by atoms with van der Waals surface area (Å²) in [6.45, 7) is 2.46. The van der Waals surface area contributed by atoms with Crippen molar-refractivity contribution in [2.45, 2.75) is 32.6 Å². The standard InChI is InChI=1S/C11H16ClN3OS/c1-8-9(17-15-14-8)10(16)13-7-11(6-12)4-2-3-5-11/h2-7H2,1H3,(H,13,16). The van der Waals surface area contributed by atoms with Crippen molar-refractivity contribution in [2.75, 3.05) is 12.4 Å². The highest BCUT2D eigenvalue weighted by molar-refractivity contribution is 7.07. The fourth-order valence-electron chi connectivity index (χ4n) is 2.27. The van der Waals surface area contributed by atoms with Crippen LogP contribution in [-0.2, 0) is 0 Å². The second kappa shape index (κ2) is 5.31. The summed E-state index contributed by atoms with van der Waals surface area (Å²) in [6.07, 6.45) is 4.64. The minimum absolute atomic E-state index is 0.0751. The molecule has 1 saturated carbocycles. The molecule has 1 heterocycles. The zero-order valence-corrected chi connectivity index (χ0v) is 11.4. The SMILES string of the molecule is Cc1nnsc1C(=O)NCC1(CCl)CCCC1. The zero-order chi connectivity index (χ0) is 12.3. The number of aromatic nitrogens is 2. The summed E-state index contributed by atoms with van der Waals surface area (Å²) in [5, 5.41) is 6.80. The number of nitrogens with zero attached hydrogens (tertiary/aromatic N) is 2. The number of halogens is 1. The Morgan fingerprint density at radius 1 is 1.53 bits per heavy atom. The van der Waals surface area contributed by atoms with Crippen molar-refractivity contribution in [1.29, 1.82) is 0 Å². The van der Waals surface area contributed by atoms with E-state index in [1.165, 1.54) is 12.8 Å². The second-order valence-corrected chi connectivity index (χ2v) is 5.73. The number of nitrogens with one attached hydrogen (secondary N) is 1. The van der Waals surface area contributed by atoms with E-state index in [0.29, 0.717) is 23.0 Å². The molecule has 1 amide bonds. The van der Waals surface area contributed by atoms with E-state index in [0.717, 1.165) is 24.4 Å². The Bertz CT molecular complexity index is 401. The van der Waals surface area contributed by atoms with Crippen LogP contribution in [0.25, 0.3) is 0 Å². The molecule has 1 aliphatic carbocycles. The Balaban J connectivity index is 1.94. The zero-order valence-electron chi connectivity index (χ0n) is 9.83. The first-order valence-corrected chi connectivity index (χ1v) is 7.11. The molecular weight excluding hydrogens is 258 g/mol. The average molecular weight is 274 g/mol. The Morgan fingerprint density at radius 3 is 2.76 bits per heavy atom. The quantitative estimate of drug-likeness (QED) is 0.857. The van der Waals surface area contributed by atoms with Crippen LogP contribution in [0.15, 0.2) is 0 Å². The molecule has 1 aliphatic rings. The molecule has 0 spiro atoms. The molecule has 0 radical (unpaired) electrons. The molecule has 0 aromatic carbocycles. The molecule has 94 valence electrons. The number of alkyl halides is 1. The topological polar surface area (TPSA) is 54.9 Å². The van der Waals surface area contributed by atoms with Crippen molar-refractivity contribution in [3.05, 3.63) is 10.6 Å². The van der Waals surface area contributed by atoms with Crippen LogP contribution >= 0.6 is 23.1 Å². The third kappa shape index (κ3) is 2.77. The van der Waals surface area contributed by atoms with Gasteiger partial charge in [0.2, 0.25) is 0 Å². The number of rotatable bonds is 4. The lowest BCUT2D eigenvalue weighted by atomic mass is 9.88. The Kier molecular flexibility index (Phi) is 3.99. The first-order valence-electron chi connectivity index (χ1n) is 5.80. The van der Waals surface area contributed by atoms with Gasteiger partial charge in [0.15, 0.2) is 0 Å². The Labute approximate surface area is 110 Å². The van der Waals surface area contributed by atoms with Gasteiger partial charge < -0.3 is 5.32 Å². The monoisotopic (exact) mass is 273 g/mol. The molecule has 0 saturated heterocycles. The molecule has 0 aliphatic heterocycles. The predicted molar refractivity (Wildman–Crippen MR) is 68.6 cm³/mol. The molecule has 6 heteroatoms. The van der Waals surface area contributed by atoms with Crippen molar-refractivity contribution in [3.63, 3.8) is 0 Å². The molecule has 0 bridgehead atoms. The number of carbonyl (C=O) groups excluding carboxylic acids is 1. The van der Waals surface area contributed by atoms with E-state index in [9.17, 15) is 4.79 Å². The second-order valence-electron chi connectivity index (χ2n) is 4.71. The van der Waals surface area contributed by atoms with E-state index in [2.05, 4.69) is 14.9 Å². The minimum atomic E-state index is -0.0751. The lowest BCUT2D eigenvalue weighted by Gasteiger charge is -2.26. The maximum atomic E-state index is 11.9. The first kappa shape index (κ1) is 12.8. The van der Waals surface area contributed by atoms with Crippen molar-refractivity contribution in [2.24, 2.45) is 5.41 Å². The highest BCUT2D eigenvalue weighted by Crippen LogP contribution is 2.38. The summed E-state index contributed by atoms with van der Waals surface area (Å²) >= 11 is 7.17. The van der Waals surface area contributed by atoms with Crippen LogP contribution in [-0.4, -0.2) is 27.9 Å². The van der Waals surface area contributed by atoms with Crippen molar-refractivity contribution >= 4 is 29.0 Å². The molecule has 1 N–H and O–H groups in total. The summed E-state index contributed by atoms with van der Waals surface area (Å²) in [5.74, 6) is 0.543. The molecular formula is C11H16ClN3OS. The van der Waals surface area contributed by atoms with Gasteiger partial charge in [0, 0.05) is 17.8 Å². The van der Waals surface area contributed by atoms with Crippen LogP contribution in [0, 0.1) is 12.3 Å². The summed E-state index contributed by atoms with van der Waals surface area (Å²) in [5.41, 5.74) is 0.794. The van der Waals surface area contributed by atoms with Crippen LogP contribution in [0.1, 0.15) is 41.0 Å². The number of carbonyl (C=O) groups is 1. The first-order chi connectivity index (χ1) is 8.17. The largest absolute Gasteiger partial charge is 0.351 e. The van der Waals surface area contributed by atoms with Crippen LogP contribution in [0.4, 0.5) is 0 Å². The molecule has 1 aromatic rings. The summed E-state index contributed by atoms with van der Waals surface area (Å²) in [7, 11) is 0. The number of hydrogen-bond donors (Lipinski definition) is 1. The maximum Gasteiger partial charge on any atom is 0.264 e. The van der Waals surface area contributed by atoms with E-state index in [4.69, 9.17) is 11.6 Å². The van der Waals surface area contributed by atoms with Gasteiger partial charge in [-0.05, 0) is 31.3 Å². The van der Waals surface area contributed by atoms with Crippen molar-refractivity contribution in [1.82, 2.24) is 14.9 Å². The van der Waals surface area contributed by atoms with Gasteiger partial charge in [-0.2, -0.15) is 0 Å². The third-order valence-electron chi connectivity index (χ3n) is 3.43. The molecule has 4 nitrogen and oxygen atoms in total. The summed E-state index contributed by atoms with van der Waals surface area (Å²) in [6, 6.07) is 0. The van der Waals surface area contributed by atoms with E-state index in [1.54, 1.807) is 6.92 Å². The van der Waals surface area contributed by atoms with Crippen LogP contribution in [0.2, 0.25) is 0 Å². The summed E-state index contributed by atoms with van der Waals surface area (Å²) in [4.78, 5) is 12.5. The van der Waals surface area contributed by atoms with Crippen LogP contribution in [0.5, 0.6) is 0 Å². The number of hydrogen-bond acceptors (Lipinski definition) is 4. The van der Waals surface area contributed by atoms with Crippen LogP contribution in [0.3, 0.4) is 0 Å².